The van der Waals surface area contributed by atoms with Gasteiger partial charge in [0.25, 0.3) is 5.69 Å². The number of benzene rings is 1. The minimum absolute atomic E-state index is 0.0000916. The van der Waals surface area contributed by atoms with Crippen LogP contribution in [0.5, 0.6) is 5.75 Å². The van der Waals surface area contributed by atoms with E-state index in [0.29, 0.717) is 17.9 Å². The Labute approximate surface area is 85.2 Å². The van der Waals surface area contributed by atoms with E-state index in [2.05, 4.69) is 0 Å². The molecule has 0 N–H and O–H groups in total. The second kappa shape index (κ2) is 3.23. The number of fused-ring (bicyclic) bond motifs is 1. The monoisotopic (exact) mass is 208 g/mol. The Morgan fingerprint density at radius 2 is 2.27 bits per heavy atom. The van der Waals surface area contributed by atoms with Gasteiger partial charge in [-0.1, -0.05) is 0 Å². The zero-order valence-electron chi connectivity index (χ0n) is 7.97. The summed E-state index contributed by atoms with van der Waals surface area (Å²) in [5, 5.41) is 10.5. The van der Waals surface area contributed by atoms with Gasteiger partial charge in [-0.2, -0.15) is 0 Å². The van der Waals surface area contributed by atoms with Crippen LogP contribution in [0.2, 0.25) is 0 Å². The quantitative estimate of drug-likeness (QED) is 0.518. The molecule has 1 aromatic rings. The van der Waals surface area contributed by atoms with Crippen molar-refractivity contribution in [2.45, 2.75) is 6.54 Å². The molecular weight excluding hydrogens is 200 g/mol. The molecular formula is C9H8N2O4. The van der Waals surface area contributed by atoms with Crippen LogP contribution in [-0.2, 0) is 6.54 Å². The van der Waals surface area contributed by atoms with Crippen LogP contribution in [0.1, 0.15) is 5.56 Å². The molecule has 6 heteroatoms. The van der Waals surface area contributed by atoms with Crippen molar-refractivity contribution in [3.05, 3.63) is 33.9 Å². The Bertz CT molecular complexity index is 444. The van der Waals surface area contributed by atoms with Crippen molar-refractivity contribution in [3.63, 3.8) is 0 Å². The topological polar surface area (TPSA) is 72.7 Å². The summed E-state index contributed by atoms with van der Waals surface area (Å²) < 4.78 is 4.94. The molecule has 0 aliphatic carbocycles. The minimum atomic E-state index is -0.475. The largest absolute Gasteiger partial charge is 0.415 e. The van der Waals surface area contributed by atoms with Crippen molar-refractivity contribution in [1.29, 1.82) is 0 Å². The summed E-state index contributed by atoms with van der Waals surface area (Å²) in [4.78, 5) is 22.5. The number of carbonyl (C=O) groups is 1. The predicted octanol–water partition coefficient (Wildman–Crippen LogP) is 1.54. The molecule has 15 heavy (non-hydrogen) atoms. The maximum absolute atomic E-state index is 11.1. The van der Waals surface area contributed by atoms with Gasteiger partial charge in [0, 0.05) is 24.7 Å². The van der Waals surface area contributed by atoms with E-state index in [-0.39, 0.29) is 5.69 Å². The molecule has 6 nitrogen and oxygen atoms in total. The molecule has 0 radical (unpaired) electrons. The summed E-state index contributed by atoms with van der Waals surface area (Å²) >= 11 is 0. The van der Waals surface area contributed by atoms with E-state index in [1.165, 1.54) is 23.1 Å². The molecule has 0 saturated carbocycles. The molecule has 0 saturated heterocycles. The summed E-state index contributed by atoms with van der Waals surface area (Å²) in [6, 6.07) is 4.17. The van der Waals surface area contributed by atoms with Gasteiger partial charge < -0.3 is 9.64 Å². The second-order valence-electron chi connectivity index (χ2n) is 3.27. The number of ether oxygens (including phenoxy) is 1. The molecule has 1 aliphatic rings. The summed E-state index contributed by atoms with van der Waals surface area (Å²) in [5.74, 6) is 0.392. The van der Waals surface area contributed by atoms with Crippen LogP contribution >= 0.6 is 0 Å². The third kappa shape index (κ3) is 1.61. The van der Waals surface area contributed by atoms with Gasteiger partial charge in [-0.25, -0.2) is 4.79 Å². The Morgan fingerprint density at radius 1 is 1.53 bits per heavy atom. The molecule has 1 heterocycles. The lowest BCUT2D eigenvalue weighted by molar-refractivity contribution is -0.385. The number of rotatable bonds is 1. The standard InChI is InChI=1S/C9H8N2O4/c1-10-5-6-4-7(11(13)14)2-3-8(6)15-9(10)12/h2-4H,5H2,1H3. The van der Waals surface area contributed by atoms with Crippen LogP contribution in [0.15, 0.2) is 18.2 Å². The fraction of sp³-hybridized carbons (Fsp3) is 0.222. The summed E-state index contributed by atoms with van der Waals surface area (Å²) in [7, 11) is 1.57. The molecule has 0 atom stereocenters. The van der Waals surface area contributed by atoms with Crippen molar-refractivity contribution < 1.29 is 14.5 Å². The van der Waals surface area contributed by atoms with Crippen LogP contribution in [0, 0.1) is 10.1 Å². The van der Waals surface area contributed by atoms with Crippen molar-refractivity contribution in [1.82, 2.24) is 4.90 Å². The zero-order chi connectivity index (χ0) is 11.0. The fourth-order valence-electron chi connectivity index (χ4n) is 1.39. The third-order valence-corrected chi connectivity index (χ3v) is 2.17. The second-order valence-corrected chi connectivity index (χ2v) is 3.27. The highest BCUT2D eigenvalue weighted by Crippen LogP contribution is 2.28. The lowest BCUT2D eigenvalue weighted by atomic mass is 10.1. The van der Waals surface area contributed by atoms with Gasteiger partial charge in [-0.15, -0.1) is 0 Å². The average Bonchev–Trinajstić information content (AvgIpc) is 2.19. The summed E-state index contributed by atoms with van der Waals surface area (Å²) in [6.45, 7) is 0.329. The molecule has 2 rings (SSSR count). The van der Waals surface area contributed by atoms with E-state index >= 15 is 0 Å². The maximum Gasteiger partial charge on any atom is 0.415 e. The van der Waals surface area contributed by atoms with Crippen molar-refractivity contribution in [3.8, 4) is 5.75 Å². The molecule has 0 bridgehead atoms. The maximum atomic E-state index is 11.1. The van der Waals surface area contributed by atoms with Crippen molar-refractivity contribution >= 4 is 11.8 Å². The molecule has 78 valence electrons. The predicted molar refractivity (Wildman–Crippen MR) is 50.6 cm³/mol. The van der Waals surface area contributed by atoms with Gasteiger partial charge >= 0.3 is 6.09 Å². The lowest BCUT2D eigenvalue weighted by Crippen LogP contribution is -2.33. The van der Waals surface area contributed by atoms with E-state index in [1.54, 1.807) is 7.05 Å². The number of carbonyl (C=O) groups excluding carboxylic acids is 1. The Hall–Kier alpha value is -2.11. The van der Waals surface area contributed by atoms with Gasteiger partial charge in [-0.3, -0.25) is 10.1 Å². The van der Waals surface area contributed by atoms with Crippen LogP contribution < -0.4 is 4.74 Å². The highest BCUT2D eigenvalue weighted by molar-refractivity contribution is 5.73. The van der Waals surface area contributed by atoms with Crippen molar-refractivity contribution in [2.75, 3.05) is 7.05 Å². The number of nitro benzene ring substituents is 1. The Morgan fingerprint density at radius 3 is 2.93 bits per heavy atom. The summed E-state index contributed by atoms with van der Waals surface area (Å²) in [6.07, 6.45) is -0.448. The highest BCUT2D eigenvalue weighted by Gasteiger charge is 2.23. The van der Waals surface area contributed by atoms with Crippen LogP contribution in [0.4, 0.5) is 10.5 Å². The molecule has 0 unspecified atom stereocenters. The highest BCUT2D eigenvalue weighted by atomic mass is 16.6. The van der Waals surface area contributed by atoms with Gasteiger partial charge in [0.15, 0.2) is 0 Å². The SMILES string of the molecule is CN1Cc2cc([N+](=O)[O-])ccc2OC1=O. The van der Waals surface area contributed by atoms with Crippen molar-refractivity contribution in [2.24, 2.45) is 0 Å². The Balaban J connectivity index is 2.41. The van der Waals surface area contributed by atoms with Gasteiger partial charge in [0.2, 0.25) is 0 Å². The average molecular weight is 208 g/mol. The zero-order valence-corrected chi connectivity index (χ0v) is 7.97. The number of amides is 1. The normalized spacial score (nSPS) is 14.5. The smallest absolute Gasteiger partial charge is 0.410 e. The first-order valence-electron chi connectivity index (χ1n) is 4.28. The number of hydrogen-bond acceptors (Lipinski definition) is 4. The first-order valence-corrected chi connectivity index (χ1v) is 4.28. The van der Waals surface area contributed by atoms with E-state index < -0.39 is 11.0 Å². The van der Waals surface area contributed by atoms with E-state index in [0.717, 1.165) is 0 Å². The van der Waals surface area contributed by atoms with Crippen LogP contribution in [0.3, 0.4) is 0 Å². The van der Waals surface area contributed by atoms with Gasteiger partial charge in [-0.05, 0) is 6.07 Å². The molecule has 1 aromatic carbocycles. The number of nitrogens with zero attached hydrogens (tertiary/aromatic N) is 2. The lowest BCUT2D eigenvalue weighted by Gasteiger charge is -2.23. The van der Waals surface area contributed by atoms with E-state index in [1.807, 2.05) is 0 Å². The fourth-order valence-corrected chi connectivity index (χ4v) is 1.39. The van der Waals surface area contributed by atoms with Crippen LogP contribution in [0.25, 0.3) is 0 Å². The first kappa shape index (κ1) is 9.45. The Kier molecular flexibility index (Phi) is 2.03. The van der Waals surface area contributed by atoms with Crippen LogP contribution in [-0.4, -0.2) is 23.0 Å². The molecule has 0 spiro atoms. The number of non-ortho nitro benzene ring substituents is 1. The number of nitro groups is 1. The molecule has 0 aromatic heterocycles. The van der Waals surface area contributed by atoms with E-state index in [4.69, 9.17) is 4.74 Å². The third-order valence-electron chi connectivity index (χ3n) is 2.17. The van der Waals surface area contributed by atoms with Gasteiger partial charge in [0.05, 0.1) is 11.5 Å². The molecule has 0 fully saturated rings. The summed E-state index contributed by atoms with van der Waals surface area (Å²) in [5.41, 5.74) is 0.645. The molecule has 1 amide bonds. The minimum Gasteiger partial charge on any atom is -0.410 e. The first-order chi connectivity index (χ1) is 7.08. The van der Waals surface area contributed by atoms with E-state index in [9.17, 15) is 14.9 Å². The molecule has 1 aliphatic heterocycles. The van der Waals surface area contributed by atoms with Gasteiger partial charge in [0.1, 0.15) is 5.75 Å². The number of hydrogen-bond donors (Lipinski definition) is 0.